The van der Waals surface area contributed by atoms with Crippen molar-refractivity contribution in [1.82, 2.24) is 0 Å². The summed E-state index contributed by atoms with van der Waals surface area (Å²) >= 11 is 0. The average Bonchev–Trinajstić information content (AvgIpc) is 2.14. The van der Waals surface area contributed by atoms with E-state index in [-0.39, 0.29) is 18.2 Å². The molecular formula is C12H17ClFNO. The summed E-state index contributed by atoms with van der Waals surface area (Å²) in [6.07, 6.45) is 2.69. The summed E-state index contributed by atoms with van der Waals surface area (Å²) in [6.45, 7) is 0. The molecule has 1 saturated carbocycles. The summed E-state index contributed by atoms with van der Waals surface area (Å²) < 4.78 is 13.0. The zero-order valence-electron chi connectivity index (χ0n) is 8.97. The molecule has 1 aromatic carbocycles. The lowest BCUT2D eigenvalue weighted by Crippen LogP contribution is -2.36. The Morgan fingerprint density at radius 1 is 1.38 bits per heavy atom. The largest absolute Gasteiger partial charge is 0.391 e. The van der Waals surface area contributed by atoms with Gasteiger partial charge in [0.2, 0.25) is 0 Å². The second kappa shape index (κ2) is 5.62. The molecule has 0 unspecified atom stereocenters. The third kappa shape index (κ3) is 2.73. The van der Waals surface area contributed by atoms with Gasteiger partial charge >= 0.3 is 0 Å². The average molecular weight is 246 g/mol. The Kier molecular flexibility index (Phi) is 4.71. The molecule has 1 aliphatic rings. The van der Waals surface area contributed by atoms with E-state index >= 15 is 0 Å². The maximum absolute atomic E-state index is 13.0. The minimum Gasteiger partial charge on any atom is -0.391 e. The van der Waals surface area contributed by atoms with E-state index in [1.165, 1.54) is 12.1 Å². The summed E-state index contributed by atoms with van der Waals surface area (Å²) in [5.74, 6) is -0.00738. The number of halogens is 2. The van der Waals surface area contributed by atoms with Crippen molar-refractivity contribution < 1.29 is 9.50 Å². The van der Waals surface area contributed by atoms with E-state index in [1.54, 1.807) is 12.1 Å². The molecule has 0 saturated heterocycles. The Hall–Kier alpha value is -0.640. The summed E-state index contributed by atoms with van der Waals surface area (Å²) in [5, 5.41) is 9.93. The number of aliphatic hydroxyl groups excluding tert-OH is 1. The van der Waals surface area contributed by atoms with E-state index < -0.39 is 12.1 Å². The predicted octanol–water partition coefficient (Wildman–Crippen LogP) is 2.41. The van der Waals surface area contributed by atoms with Crippen LogP contribution in [-0.4, -0.2) is 11.2 Å². The van der Waals surface area contributed by atoms with E-state index in [4.69, 9.17) is 5.73 Å². The normalized spacial score (nSPS) is 19.4. The maximum atomic E-state index is 13.0. The van der Waals surface area contributed by atoms with Crippen LogP contribution in [0.4, 0.5) is 4.39 Å². The highest BCUT2D eigenvalue weighted by Gasteiger charge is 2.30. The van der Waals surface area contributed by atoms with Crippen molar-refractivity contribution in [1.29, 1.82) is 0 Å². The molecule has 0 amide bonds. The zero-order valence-corrected chi connectivity index (χ0v) is 9.79. The molecule has 90 valence electrons. The lowest BCUT2D eigenvalue weighted by Gasteiger charge is -2.33. The first-order valence-electron chi connectivity index (χ1n) is 5.37. The summed E-state index contributed by atoms with van der Waals surface area (Å²) in [5.41, 5.74) is 6.58. The number of nitrogens with two attached hydrogens (primary N) is 1. The molecule has 2 atom stereocenters. The number of benzene rings is 1. The van der Waals surface area contributed by atoms with E-state index in [0.717, 1.165) is 19.3 Å². The Bertz CT molecular complexity index is 344. The first kappa shape index (κ1) is 13.4. The molecule has 1 fully saturated rings. The van der Waals surface area contributed by atoms with Crippen LogP contribution in [0.2, 0.25) is 0 Å². The van der Waals surface area contributed by atoms with Crippen LogP contribution in [0, 0.1) is 11.7 Å². The number of hydrogen-bond acceptors (Lipinski definition) is 2. The molecule has 0 bridgehead atoms. The molecule has 0 aromatic heterocycles. The smallest absolute Gasteiger partial charge is 0.123 e. The van der Waals surface area contributed by atoms with E-state index in [0.29, 0.717) is 11.5 Å². The molecule has 1 aliphatic carbocycles. The van der Waals surface area contributed by atoms with Gasteiger partial charge < -0.3 is 10.8 Å². The highest BCUT2D eigenvalue weighted by Crippen LogP contribution is 2.34. The van der Waals surface area contributed by atoms with Gasteiger partial charge in [-0.15, -0.1) is 12.4 Å². The van der Waals surface area contributed by atoms with Crippen molar-refractivity contribution in [3.8, 4) is 0 Å². The van der Waals surface area contributed by atoms with Crippen LogP contribution in [-0.2, 0) is 0 Å². The van der Waals surface area contributed by atoms with Gasteiger partial charge in [0.1, 0.15) is 5.82 Å². The van der Waals surface area contributed by atoms with Gasteiger partial charge in [-0.25, -0.2) is 4.39 Å². The SMILES string of the molecule is Cl.N[C@@H](c1cccc(F)c1)[C@H](O)C1CCC1. The topological polar surface area (TPSA) is 46.2 Å². The number of aliphatic hydroxyl groups is 1. The minimum atomic E-state index is -0.541. The number of rotatable bonds is 3. The lowest BCUT2D eigenvalue weighted by molar-refractivity contribution is 0.0413. The summed E-state index contributed by atoms with van der Waals surface area (Å²) in [6, 6.07) is 5.69. The Morgan fingerprint density at radius 2 is 2.06 bits per heavy atom. The molecular weight excluding hydrogens is 229 g/mol. The molecule has 16 heavy (non-hydrogen) atoms. The van der Waals surface area contributed by atoms with Gasteiger partial charge in [0.15, 0.2) is 0 Å². The molecule has 0 radical (unpaired) electrons. The second-order valence-electron chi connectivity index (χ2n) is 4.26. The Morgan fingerprint density at radius 3 is 2.56 bits per heavy atom. The molecule has 2 nitrogen and oxygen atoms in total. The first-order chi connectivity index (χ1) is 7.18. The molecule has 3 N–H and O–H groups in total. The standard InChI is InChI=1S/C12H16FNO.ClH/c13-10-6-2-5-9(7-10)11(14)12(15)8-3-1-4-8;/h2,5-8,11-12,15H,1,3-4,14H2;1H/t11-,12+;/m0./s1. The molecule has 0 aliphatic heterocycles. The van der Waals surface area contributed by atoms with Crippen LogP contribution in [0.5, 0.6) is 0 Å². The highest BCUT2D eigenvalue weighted by molar-refractivity contribution is 5.85. The van der Waals surface area contributed by atoms with Crippen LogP contribution in [0.25, 0.3) is 0 Å². The van der Waals surface area contributed by atoms with Gasteiger partial charge in [0, 0.05) is 0 Å². The van der Waals surface area contributed by atoms with Crippen molar-refractivity contribution >= 4 is 12.4 Å². The minimum absolute atomic E-state index is 0. The van der Waals surface area contributed by atoms with Crippen molar-refractivity contribution in [3.05, 3.63) is 35.6 Å². The summed E-state index contributed by atoms with van der Waals surface area (Å²) in [7, 11) is 0. The fourth-order valence-electron chi connectivity index (χ4n) is 1.99. The first-order valence-corrected chi connectivity index (χ1v) is 5.37. The van der Waals surface area contributed by atoms with E-state index in [2.05, 4.69) is 0 Å². The molecule has 1 aromatic rings. The Balaban J connectivity index is 0.00000128. The van der Waals surface area contributed by atoms with Gasteiger partial charge in [-0.2, -0.15) is 0 Å². The zero-order chi connectivity index (χ0) is 10.8. The fourth-order valence-corrected chi connectivity index (χ4v) is 1.99. The van der Waals surface area contributed by atoms with Crippen molar-refractivity contribution in [2.24, 2.45) is 11.7 Å². The fraction of sp³-hybridized carbons (Fsp3) is 0.500. The summed E-state index contributed by atoms with van der Waals surface area (Å²) in [4.78, 5) is 0. The van der Waals surface area contributed by atoms with Crippen molar-refractivity contribution in [3.63, 3.8) is 0 Å². The maximum Gasteiger partial charge on any atom is 0.123 e. The molecule has 0 spiro atoms. The van der Waals surface area contributed by atoms with Crippen LogP contribution in [0.15, 0.2) is 24.3 Å². The highest BCUT2D eigenvalue weighted by atomic mass is 35.5. The third-order valence-electron chi connectivity index (χ3n) is 3.23. The van der Waals surface area contributed by atoms with Gasteiger partial charge in [-0.05, 0) is 36.5 Å². The van der Waals surface area contributed by atoms with E-state index in [9.17, 15) is 9.50 Å². The monoisotopic (exact) mass is 245 g/mol. The van der Waals surface area contributed by atoms with E-state index in [1.807, 2.05) is 0 Å². The van der Waals surface area contributed by atoms with Gasteiger partial charge in [-0.1, -0.05) is 18.6 Å². The Labute approximate surface area is 101 Å². The van der Waals surface area contributed by atoms with Crippen LogP contribution in [0.3, 0.4) is 0 Å². The van der Waals surface area contributed by atoms with Crippen molar-refractivity contribution in [2.45, 2.75) is 31.4 Å². The van der Waals surface area contributed by atoms with Crippen LogP contribution >= 0.6 is 12.4 Å². The van der Waals surface area contributed by atoms with Crippen molar-refractivity contribution in [2.75, 3.05) is 0 Å². The molecule has 2 rings (SSSR count). The quantitative estimate of drug-likeness (QED) is 0.859. The van der Waals surface area contributed by atoms with Gasteiger partial charge in [0.05, 0.1) is 12.1 Å². The second-order valence-corrected chi connectivity index (χ2v) is 4.26. The predicted molar refractivity (Wildman–Crippen MR) is 63.9 cm³/mol. The molecule has 4 heteroatoms. The van der Waals surface area contributed by atoms with Crippen LogP contribution in [0.1, 0.15) is 30.9 Å². The molecule has 0 heterocycles. The van der Waals surface area contributed by atoms with Gasteiger partial charge in [0.25, 0.3) is 0 Å². The van der Waals surface area contributed by atoms with Crippen LogP contribution < -0.4 is 5.73 Å². The van der Waals surface area contributed by atoms with Gasteiger partial charge in [-0.3, -0.25) is 0 Å². The number of hydrogen-bond donors (Lipinski definition) is 2. The lowest BCUT2D eigenvalue weighted by atomic mass is 9.77. The third-order valence-corrected chi connectivity index (χ3v) is 3.23.